The van der Waals surface area contributed by atoms with Gasteiger partial charge in [-0.05, 0) is 30.3 Å². The Kier molecular flexibility index (Phi) is 6.13. The van der Waals surface area contributed by atoms with Crippen LogP contribution in [0, 0.1) is 6.92 Å². The lowest BCUT2D eigenvalue weighted by molar-refractivity contribution is -0.142. The quantitative estimate of drug-likeness (QED) is 0.450. The molecule has 0 fully saturated rings. The second kappa shape index (κ2) is 8.77. The van der Waals surface area contributed by atoms with Crippen LogP contribution < -0.4 is 10.2 Å². The van der Waals surface area contributed by atoms with Gasteiger partial charge < -0.3 is 14.6 Å². The van der Waals surface area contributed by atoms with Crippen molar-refractivity contribution in [1.82, 2.24) is 20.1 Å². The minimum atomic E-state index is -4.56. The van der Waals surface area contributed by atoms with Crippen LogP contribution in [-0.4, -0.2) is 34.3 Å². The average Bonchev–Trinajstić information content (AvgIpc) is 3.37. The number of aryl methyl sites for hydroxylation is 1. The van der Waals surface area contributed by atoms with Crippen molar-refractivity contribution < 1.29 is 22.4 Å². The maximum atomic E-state index is 13.5. The van der Waals surface area contributed by atoms with Crippen molar-refractivity contribution in [2.75, 3.05) is 18.5 Å². The summed E-state index contributed by atoms with van der Waals surface area (Å²) in [6, 6.07) is 11.7. The van der Waals surface area contributed by atoms with E-state index >= 15 is 0 Å². The van der Waals surface area contributed by atoms with E-state index in [1.54, 1.807) is 56.4 Å². The Morgan fingerprint density at radius 3 is 2.76 bits per heavy atom. The largest absolute Gasteiger partial charge is 0.441 e. The summed E-state index contributed by atoms with van der Waals surface area (Å²) < 4.78 is 47.5. The Balaban J connectivity index is 0.00000274. The maximum absolute atomic E-state index is 13.5. The van der Waals surface area contributed by atoms with Crippen LogP contribution in [0.2, 0.25) is 0 Å². The molecular formula is C23H21ClF3N5O2. The third kappa shape index (κ3) is 4.14. The Bertz CT molecular complexity index is 1380. The molecule has 0 bridgehead atoms. The molecule has 11 heteroatoms. The first-order chi connectivity index (χ1) is 15.7. The van der Waals surface area contributed by atoms with Gasteiger partial charge in [-0.2, -0.15) is 18.3 Å². The molecule has 3 heterocycles. The number of carbonyl (C=O) groups excluding carboxylic acids is 1. The number of fused-ring (bicyclic) bond motifs is 2. The van der Waals surface area contributed by atoms with Gasteiger partial charge in [0.1, 0.15) is 5.52 Å². The number of hydrogen-bond acceptors (Lipinski definition) is 5. The number of anilines is 1. The molecular weight excluding hydrogens is 471 g/mol. The van der Waals surface area contributed by atoms with Gasteiger partial charge in [-0.1, -0.05) is 6.07 Å². The van der Waals surface area contributed by atoms with Gasteiger partial charge >= 0.3 is 6.18 Å². The number of amides is 1. The number of oxazole rings is 1. The Morgan fingerprint density at radius 2 is 2.00 bits per heavy atom. The maximum Gasteiger partial charge on any atom is 0.435 e. The first-order valence-electron chi connectivity index (χ1n) is 10.4. The number of carbonyl (C=O) groups is 1. The fourth-order valence-corrected chi connectivity index (χ4v) is 4.11. The molecule has 2 aromatic carbocycles. The molecule has 4 aromatic rings. The summed E-state index contributed by atoms with van der Waals surface area (Å²) in [6.07, 6.45) is -4.15. The second-order valence-corrected chi connectivity index (χ2v) is 7.91. The van der Waals surface area contributed by atoms with Gasteiger partial charge in [0.05, 0.1) is 11.4 Å². The predicted molar refractivity (Wildman–Crippen MR) is 123 cm³/mol. The number of alkyl halides is 3. The highest BCUT2D eigenvalue weighted by Crippen LogP contribution is 2.35. The zero-order valence-electron chi connectivity index (χ0n) is 18.3. The molecule has 0 spiro atoms. The van der Waals surface area contributed by atoms with E-state index in [1.807, 2.05) is 0 Å². The Labute approximate surface area is 199 Å². The van der Waals surface area contributed by atoms with Crippen molar-refractivity contribution >= 4 is 35.1 Å². The Hall–Kier alpha value is -3.37. The molecule has 0 saturated carbocycles. The summed E-state index contributed by atoms with van der Waals surface area (Å²) in [4.78, 5) is 18.9. The van der Waals surface area contributed by atoms with Crippen LogP contribution in [-0.2, 0) is 19.1 Å². The van der Waals surface area contributed by atoms with E-state index in [0.717, 1.165) is 0 Å². The van der Waals surface area contributed by atoms with E-state index in [4.69, 9.17) is 4.42 Å². The fraction of sp³-hybridized carbons (Fsp3) is 0.261. The summed E-state index contributed by atoms with van der Waals surface area (Å²) in [5.41, 5.74) is 2.36. The molecule has 0 atom stereocenters. The van der Waals surface area contributed by atoms with Gasteiger partial charge in [0.25, 0.3) is 5.91 Å². The van der Waals surface area contributed by atoms with Crippen LogP contribution >= 0.6 is 12.4 Å². The Morgan fingerprint density at radius 1 is 1.21 bits per heavy atom. The molecule has 1 amide bonds. The van der Waals surface area contributed by atoms with E-state index in [1.165, 1.54) is 9.58 Å². The second-order valence-electron chi connectivity index (χ2n) is 7.91. The van der Waals surface area contributed by atoms with Gasteiger partial charge in [0, 0.05) is 56.4 Å². The lowest BCUT2D eigenvalue weighted by Crippen LogP contribution is -2.26. The SMILES string of the molecule is Cc1nc2ccc(N(C)C(=O)c3cccc(-n4nc(C(F)(F)F)c5c4CCNC5)c3)cc2o1.Cl. The molecule has 1 aliphatic rings. The summed E-state index contributed by atoms with van der Waals surface area (Å²) in [5, 5.41) is 6.85. The number of benzene rings is 2. The third-order valence-corrected chi connectivity index (χ3v) is 5.71. The van der Waals surface area contributed by atoms with Crippen molar-refractivity contribution in [2.45, 2.75) is 26.1 Å². The van der Waals surface area contributed by atoms with E-state index in [2.05, 4.69) is 15.4 Å². The van der Waals surface area contributed by atoms with Crippen LogP contribution in [0.15, 0.2) is 46.9 Å². The van der Waals surface area contributed by atoms with Gasteiger partial charge in [0.2, 0.25) is 0 Å². The molecule has 34 heavy (non-hydrogen) atoms. The highest BCUT2D eigenvalue weighted by Gasteiger charge is 2.39. The summed E-state index contributed by atoms with van der Waals surface area (Å²) in [6.45, 7) is 2.41. The molecule has 0 unspecified atom stereocenters. The summed E-state index contributed by atoms with van der Waals surface area (Å²) in [5.74, 6) is 0.214. The molecule has 0 aliphatic carbocycles. The number of hydrogen-bond donors (Lipinski definition) is 1. The minimum absolute atomic E-state index is 0. The van der Waals surface area contributed by atoms with Crippen LogP contribution in [0.5, 0.6) is 0 Å². The number of halogens is 4. The zero-order chi connectivity index (χ0) is 23.3. The predicted octanol–water partition coefficient (Wildman–Crippen LogP) is 4.68. The van der Waals surface area contributed by atoms with Crippen LogP contribution in [0.1, 0.15) is 33.2 Å². The lowest BCUT2D eigenvalue weighted by atomic mass is 10.1. The van der Waals surface area contributed by atoms with E-state index in [9.17, 15) is 18.0 Å². The van der Waals surface area contributed by atoms with E-state index < -0.39 is 11.9 Å². The monoisotopic (exact) mass is 491 g/mol. The van der Waals surface area contributed by atoms with Gasteiger partial charge in [-0.15, -0.1) is 12.4 Å². The molecule has 178 valence electrons. The summed E-state index contributed by atoms with van der Waals surface area (Å²) >= 11 is 0. The normalized spacial score (nSPS) is 13.4. The van der Waals surface area contributed by atoms with Crippen LogP contribution in [0.25, 0.3) is 16.8 Å². The number of aromatic nitrogens is 3. The molecule has 0 saturated heterocycles. The van der Waals surface area contributed by atoms with Gasteiger partial charge in [0.15, 0.2) is 17.2 Å². The fourth-order valence-electron chi connectivity index (χ4n) is 4.11. The lowest BCUT2D eigenvalue weighted by Gasteiger charge is -2.18. The van der Waals surface area contributed by atoms with Crippen molar-refractivity contribution in [3.05, 3.63) is 70.9 Å². The van der Waals surface area contributed by atoms with Crippen molar-refractivity contribution in [3.8, 4) is 5.69 Å². The van der Waals surface area contributed by atoms with Gasteiger partial charge in [-0.3, -0.25) is 4.79 Å². The topological polar surface area (TPSA) is 76.2 Å². The average molecular weight is 492 g/mol. The molecule has 2 aromatic heterocycles. The third-order valence-electron chi connectivity index (χ3n) is 5.71. The first-order valence-corrected chi connectivity index (χ1v) is 10.4. The van der Waals surface area contributed by atoms with Crippen LogP contribution in [0.3, 0.4) is 0 Å². The molecule has 1 aliphatic heterocycles. The number of nitrogens with one attached hydrogen (secondary N) is 1. The molecule has 1 N–H and O–H groups in total. The van der Waals surface area contributed by atoms with Crippen molar-refractivity contribution in [3.63, 3.8) is 0 Å². The first kappa shape index (κ1) is 23.8. The summed E-state index contributed by atoms with van der Waals surface area (Å²) in [7, 11) is 1.63. The van der Waals surface area contributed by atoms with E-state index in [0.29, 0.717) is 52.6 Å². The highest BCUT2D eigenvalue weighted by atomic mass is 35.5. The smallest absolute Gasteiger partial charge is 0.435 e. The molecule has 0 radical (unpaired) electrons. The molecule has 5 rings (SSSR count). The van der Waals surface area contributed by atoms with E-state index in [-0.39, 0.29) is 30.4 Å². The van der Waals surface area contributed by atoms with Crippen molar-refractivity contribution in [1.29, 1.82) is 0 Å². The van der Waals surface area contributed by atoms with Gasteiger partial charge in [-0.25, -0.2) is 9.67 Å². The standard InChI is InChI=1S/C23H20F3N5O2.ClH/c1-13-28-18-7-6-15(11-20(18)33-13)30(2)22(32)14-4-3-5-16(10-14)31-19-8-9-27-12-17(19)21(29-31)23(24,25)26;/h3-7,10-11,27H,8-9,12H2,1-2H3;1H. The highest BCUT2D eigenvalue weighted by molar-refractivity contribution is 6.06. The number of rotatable bonds is 3. The van der Waals surface area contributed by atoms with Crippen molar-refractivity contribution in [2.24, 2.45) is 0 Å². The zero-order valence-corrected chi connectivity index (χ0v) is 19.1. The number of nitrogens with zero attached hydrogens (tertiary/aromatic N) is 4. The molecule has 7 nitrogen and oxygen atoms in total. The minimum Gasteiger partial charge on any atom is -0.441 e. The van der Waals surface area contributed by atoms with Crippen LogP contribution in [0.4, 0.5) is 18.9 Å².